The normalized spacial score (nSPS) is 25.6. The molecule has 29 heavy (non-hydrogen) atoms. The lowest BCUT2D eigenvalue weighted by atomic mass is 9.92. The Labute approximate surface area is 174 Å². The number of carbonyl (C=O) groups is 1. The van der Waals surface area contributed by atoms with Crippen LogP contribution >= 0.6 is 0 Å². The van der Waals surface area contributed by atoms with Gasteiger partial charge in [-0.1, -0.05) is 12.1 Å². The predicted molar refractivity (Wildman–Crippen MR) is 112 cm³/mol. The molecule has 1 unspecified atom stereocenters. The van der Waals surface area contributed by atoms with Gasteiger partial charge in [0, 0.05) is 63.9 Å². The molecule has 3 aliphatic heterocycles. The molecule has 3 heterocycles. The number of carbonyl (C=O) groups excluding carboxylic acids is 1. The van der Waals surface area contributed by atoms with Crippen LogP contribution in [0.4, 0.5) is 4.79 Å². The van der Waals surface area contributed by atoms with E-state index in [1.165, 1.54) is 5.56 Å². The fourth-order valence-corrected chi connectivity index (χ4v) is 5.05. The molecule has 0 aliphatic carbocycles. The minimum Gasteiger partial charge on any atom is -0.497 e. The number of morpholine rings is 1. The maximum atomic E-state index is 13.0. The summed E-state index contributed by atoms with van der Waals surface area (Å²) in [6.07, 6.45) is 0. The van der Waals surface area contributed by atoms with Gasteiger partial charge in [0.2, 0.25) is 0 Å². The molecule has 0 aromatic heterocycles. The van der Waals surface area contributed by atoms with Crippen molar-refractivity contribution in [2.75, 3.05) is 66.1 Å². The van der Waals surface area contributed by atoms with Gasteiger partial charge >= 0.3 is 6.03 Å². The Balaban J connectivity index is 1.41. The van der Waals surface area contributed by atoms with Crippen molar-refractivity contribution < 1.29 is 14.3 Å². The van der Waals surface area contributed by atoms with Crippen LogP contribution < -0.4 is 4.74 Å². The second-order valence-electron chi connectivity index (χ2n) is 9.01. The Morgan fingerprint density at radius 1 is 1.07 bits per heavy atom. The van der Waals surface area contributed by atoms with Gasteiger partial charge in [0.15, 0.2) is 0 Å². The lowest BCUT2D eigenvalue weighted by Gasteiger charge is -2.56. The van der Waals surface area contributed by atoms with Crippen LogP contribution in [-0.2, 0) is 11.3 Å². The van der Waals surface area contributed by atoms with Gasteiger partial charge in [0.25, 0.3) is 0 Å². The molecule has 7 heteroatoms. The van der Waals surface area contributed by atoms with Crippen molar-refractivity contribution in [2.24, 2.45) is 0 Å². The number of hydrogen-bond acceptors (Lipinski definition) is 5. The molecule has 0 spiro atoms. The zero-order valence-corrected chi connectivity index (χ0v) is 18.0. The van der Waals surface area contributed by atoms with E-state index < -0.39 is 0 Å². The lowest BCUT2D eigenvalue weighted by molar-refractivity contribution is -0.0627. The van der Waals surface area contributed by atoms with E-state index in [0.29, 0.717) is 32.3 Å². The summed E-state index contributed by atoms with van der Waals surface area (Å²) in [6, 6.07) is 8.90. The highest BCUT2D eigenvalue weighted by molar-refractivity contribution is 5.74. The molecule has 0 bridgehead atoms. The van der Waals surface area contributed by atoms with E-state index in [2.05, 4.69) is 40.7 Å². The summed E-state index contributed by atoms with van der Waals surface area (Å²) in [5.74, 6) is 0.892. The van der Waals surface area contributed by atoms with Gasteiger partial charge < -0.3 is 19.3 Å². The van der Waals surface area contributed by atoms with Crippen LogP contribution in [0.15, 0.2) is 24.3 Å². The number of nitrogens with zero attached hydrogens (tertiary/aromatic N) is 4. The lowest BCUT2D eigenvalue weighted by Crippen LogP contribution is -2.70. The van der Waals surface area contributed by atoms with Crippen LogP contribution in [0.25, 0.3) is 0 Å². The fourth-order valence-electron chi connectivity index (χ4n) is 5.05. The largest absolute Gasteiger partial charge is 0.497 e. The number of piperazine rings is 2. The van der Waals surface area contributed by atoms with E-state index >= 15 is 0 Å². The standard InChI is InChI=1S/C22H34N4O3/c1-22(2)17-23(14-18-4-6-20(28-3)7-5-18)15-19-16-25(8-9-26(19)22)21(27)24-10-12-29-13-11-24/h4-7,19H,8-17H2,1-3H3. The molecular weight excluding hydrogens is 368 g/mol. The Hall–Kier alpha value is -1.83. The summed E-state index contributed by atoms with van der Waals surface area (Å²) in [7, 11) is 1.70. The molecule has 160 valence electrons. The number of ether oxygens (including phenoxy) is 2. The van der Waals surface area contributed by atoms with Crippen LogP contribution in [0.1, 0.15) is 19.4 Å². The predicted octanol–water partition coefficient (Wildman–Crippen LogP) is 1.73. The summed E-state index contributed by atoms with van der Waals surface area (Å²) in [6.45, 7) is 12.9. The molecular formula is C22H34N4O3. The summed E-state index contributed by atoms with van der Waals surface area (Å²) in [4.78, 5) is 22.1. The van der Waals surface area contributed by atoms with Crippen LogP contribution in [-0.4, -0.2) is 103 Å². The summed E-state index contributed by atoms with van der Waals surface area (Å²) in [5.41, 5.74) is 1.40. The number of hydrogen-bond donors (Lipinski definition) is 0. The van der Waals surface area contributed by atoms with Crippen molar-refractivity contribution in [1.29, 1.82) is 0 Å². The number of urea groups is 1. The van der Waals surface area contributed by atoms with Crippen LogP contribution in [0, 0.1) is 0 Å². The Bertz CT molecular complexity index is 703. The van der Waals surface area contributed by atoms with E-state index in [1.54, 1.807) is 7.11 Å². The Kier molecular flexibility index (Phi) is 5.99. The third kappa shape index (κ3) is 4.52. The number of fused-ring (bicyclic) bond motifs is 1. The molecule has 0 saturated carbocycles. The molecule has 3 aliphatic rings. The van der Waals surface area contributed by atoms with Crippen molar-refractivity contribution in [3.8, 4) is 5.75 Å². The maximum Gasteiger partial charge on any atom is 0.320 e. The van der Waals surface area contributed by atoms with Crippen molar-refractivity contribution >= 4 is 6.03 Å². The number of benzene rings is 1. The molecule has 1 atom stereocenters. The third-order valence-electron chi connectivity index (χ3n) is 6.46. The molecule has 1 aromatic rings. The number of rotatable bonds is 3. The first-order valence-corrected chi connectivity index (χ1v) is 10.7. The van der Waals surface area contributed by atoms with Gasteiger partial charge in [-0.3, -0.25) is 9.80 Å². The molecule has 7 nitrogen and oxygen atoms in total. The highest BCUT2D eigenvalue weighted by atomic mass is 16.5. The van der Waals surface area contributed by atoms with Crippen molar-refractivity contribution in [1.82, 2.24) is 19.6 Å². The molecule has 3 saturated heterocycles. The first-order valence-electron chi connectivity index (χ1n) is 10.7. The van der Waals surface area contributed by atoms with Gasteiger partial charge in [-0.25, -0.2) is 4.79 Å². The summed E-state index contributed by atoms with van der Waals surface area (Å²) >= 11 is 0. The minimum atomic E-state index is 0.101. The minimum absolute atomic E-state index is 0.101. The van der Waals surface area contributed by atoms with Gasteiger partial charge in [-0.15, -0.1) is 0 Å². The van der Waals surface area contributed by atoms with E-state index in [1.807, 2.05) is 17.0 Å². The molecule has 1 aromatic carbocycles. The van der Waals surface area contributed by atoms with E-state index in [4.69, 9.17) is 9.47 Å². The maximum absolute atomic E-state index is 13.0. The Morgan fingerprint density at radius 2 is 1.79 bits per heavy atom. The van der Waals surface area contributed by atoms with E-state index in [9.17, 15) is 4.79 Å². The second kappa shape index (κ2) is 8.50. The summed E-state index contributed by atoms with van der Waals surface area (Å²) in [5, 5.41) is 0. The highest BCUT2D eigenvalue weighted by Crippen LogP contribution is 2.29. The van der Waals surface area contributed by atoms with Crippen molar-refractivity contribution in [3.05, 3.63) is 29.8 Å². The monoisotopic (exact) mass is 402 g/mol. The molecule has 4 rings (SSSR count). The number of amides is 2. The average molecular weight is 403 g/mol. The quantitative estimate of drug-likeness (QED) is 0.771. The number of methoxy groups -OCH3 is 1. The van der Waals surface area contributed by atoms with Crippen LogP contribution in [0.2, 0.25) is 0 Å². The van der Waals surface area contributed by atoms with Gasteiger partial charge in [0.05, 0.1) is 20.3 Å². The highest BCUT2D eigenvalue weighted by Gasteiger charge is 2.43. The van der Waals surface area contributed by atoms with Gasteiger partial charge in [0.1, 0.15) is 5.75 Å². The van der Waals surface area contributed by atoms with Gasteiger partial charge in [-0.05, 0) is 31.5 Å². The molecule has 0 radical (unpaired) electrons. The third-order valence-corrected chi connectivity index (χ3v) is 6.46. The summed E-state index contributed by atoms with van der Waals surface area (Å²) < 4.78 is 10.7. The van der Waals surface area contributed by atoms with Gasteiger partial charge in [-0.2, -0.15) is 0 Å². The zero-order valence-electron chi connectivity index (χ0n) is 18.0. The topological polar surface area (TPSA) is 48.5 Å². The van der Waals surface area contributed by atoms with E-state index in [-0.39, 0.29) is 11.6 Å². The van der Waals surface area contributed by atoms with Crippen molar-refractivity contribution in [2.45, 2.75) is 32.0 Å². The van der Waals surface area contributed by atoms with Crippen molar-refractivity contribution in [3.63, 3.8) is 0 Å². The van der Waals surface area contributed by atoms with E-state index in [0.717, 1.165) is 45.0 Å². The SMILES string of the molecule is COc1ccc(CN2CC3CN(C(=O)N4CCOCC4)CCN3C(C)(C)C2)cc1. The molecule has 2 amide bonds. The average Bonchev–Trinajstić information content (AvgIpc) is 2.73. The second-order valence-corrected chi connectivity index (χ2v) is 9.01. The van der Waals surface area contributed by atoms with Crippen LogP contribution in [0.3, 0.4) is 0 Å². The molecule has 3 fully saturated rings. The zero-order chi connectivity index (χ0) is 20.4. The molecule has 0 N–H and O–H groups in total. The Morgan fingerprint density at radius 3 is 2.48 bits per heavy atom. The first kappa shape index (κ1) is 20.4. The first-order chi connectivity index (χ1) is 14.0. The smallest absolute Gasteiger partial charge is 0.320 e. The fraction of sp³-hybridized carbons (Fsp3) is 0.682. The van der Waals surface area contributed by atoms with Crippen LogP contribution in [0.5, 0.6) is 5.75 Å².